The third-order valence-electron chi connectivity index (χ3n) is 4.77. The molecule has 0 aromatic heterocycles. The quantitative estimate of drug-likeness (QED) is 0.789. The Hall–Kier alpha value is -1.46. The number of anilines is 2. The molecule has 23 heavy (non-hydrogen) atoms. The molecule has 0 atom stereocenters. The molecular formula is C17H24ClN3O2. The average molecular weight is 338 g/mol. The minimum atomic E-state index is -0.721. The molecule has 2 aliphatic rings. The van der Waals surface area contributed by atoms with E-state index in [0.717, 1.165) is 43.7 Å². The molecule has 1 heterocycles. The third kappa shape index (κ3) is 4.09. The number of nitrogens with zero attached hydrogens (tertiary/aromatic N) is 1. The predicted molar refractivity (Wildman–Crippen MR) is 93.3 cm³/mol. The van der Waals surface area contributed by atoms with Gasteiger partial charge in [-0.05, 0) is 56.7 Å². The molecule has 1 aromatic carbocycles. The first-order valence-electron chi connectivity index (χ1n) is 8.38. The van der Waals surface area contributed by atoms with Crippen molar-refractivity contribution in [2.75, 3.05) is 29.9 Å². The molecular weight excluding hydrogens is 314 g/mol. The van der Waals surface area contributed by atoms with Gasteiger partial charge in [0, 0.05) is 24.7 Å². The summed E-state index contributed by atoms with van der Waals surface area (Å²) in [6.45, 7) is 2.29. The van der Waals surface area contributed by atoms with E-state index >= 15 is 0 Å². The maximum Gasteiger partial charge on any atom is 0.319 e. The highest BCUT2D eigenvalue weighted by atomic mass is 35.5. The Kier molecular flexibility index (Phi) is 4.97. The molecule has 2 amide bonds. The summed E-state index contributed by atoms with van der Waals surface area (Å²) in [7, 11) is 0. The zero-order valence-electron chi connectivity index (χ0n) is 13.3. The van der Waals surface area contributed by atoms with Gasteiger partial charge in [-0.2, -0.15) is 0 Å². The van der Waals surface area contributed by atoms with Crippen LogP contribution in [0.2, 0.25) is 5.02 Å². The number of carbonyl (C=O) groups is 1. The number of piperidine rings is 1. The van der Waals surface area contributed by atoms with Crippen LogP contribution in [0.15, 0.2) is 18.2 Å². The Morgan fingerprint density at radius 3 is 2.61 bits per heavy atom. The maximum atomic E-state index is 12.2. The molecule has 1 aromatic rings. The van der Waals surface area contributed by atoms with Crippen LogP contribution < -0.4 is 15.5 Å². The minimum absolute atomic E-state index is 0.290. The SMILES string of the molecule is O=C(NCC1(O)CCC1)Nc1cc(Cl)ccc1N1CCCCC1. The molecule has 1 saturated heterocycles. The number of hydrogen-bond acceptors (Lipinski definition) is 3. The monoisotopic (exact) mass is 337 g/mol. The second-order valence-electron chi connectivity index (χ2n) is 6.59. The molecule has 0 radical (unpaired) electrons. The minimum Gasteiger partial charge on any atom is -0.388 e. The first-order valence-corrected chi connectivity index (χ1v) is 8.75. The van der Waals surface area contributed by atoms with Crippen molar-refractivity contribution in [3.8, 4) is 0 Å². The number of halogens is 1. The van der Waals surface area contributed by atoms with Crippen LogP contribution >= 0.6 is 11.6 Å². The van der Waals surface area contributed by atoms with Crippen molar-refractivity contribution in [3.05, 3.63) is 23.2 Å². The van der Waals surface area contributed by atoms with Crippen LogP contribution in [0.4, 0.5) is 16.2 Å². The smallest absolute Gasteiger partial charge is 0.319 e. The number of benzene rings is 1. The van der Waals surface area contributed by atoms with Crippen molar-refractivity contribution in [2.45, 2.75) is 44.1 Å². The van der Waals surface area contributed by atoms with Crippen LogP contribution in [0.1, 0.15) is 38.5 Å². The van der Waals surface area contributed by atoms with Crippen LogP contribution in [-0.4, -0.2) is 36.4 Å². The first-order chi connectivity index (χ1) is 11.1. The molecule has 126 valence electrons. The van der Waals surface area contributed by atoms with Crippen molar-refractivity contribution < 1.29 is 9.90 Å². The lowest BCUT2D eigenvalue weighted by Crippen LogP contribution is -2.48. The van der Waals surface area contributed by atoms with Gasteiger partial charge in [-0.3, -0.25) is 0 Å². The van der Waals surface area contributed by atoms with Gasteiger partial charge < -0.3 is 20.6 Å². The molecule has 0 unspecified atom stereocenters. The van der Waals surface area contributed by atoms with Crippen LogP contribution in [0.5, 0.6) is 0 Å². The number of hydrogen-bond donors (Lipinski definition) is 3. The largest absolute Gasteiger partial charge is 0.388 e. The lowest BCUT2D eigenvalue weighted by atomic mass is 9.80. The maximum absolute atomic E-state index is 12.2. The highest BCUT2D eigenvalue weighted by molar-refractivity contribution is 6.31. The summed E-state index contributed by atoms with van der Waals surface area (Å²) in [6.07, 6.45) is 6.12. The summed E-state index contributed by atoms with van der Waals surface area (Å²) in [4.78, 5) is 14.4. The molecule has 0 bridgehead atoms. The van der Waals surface area contributed by atoms with Gasteiger partial charge >= 0.3 is 6.03 Å². The molecule has 6 heteroatoms. The molecule has 1 saturated carbocycles. The lowest BCUT2D eigenvalue weighted by molar-refractivity contribution is -0.0287. The summed E-state index contributed by atoms with van der Waals surface area (Å²) in [6, 6.07) is 5.29. The van der Waals surface area contributed by atoms with Gasteiger partial charge in [0.1, 0.15) is 0 Å². The Morgan fingerprint density at radius 1 is 1.22 bits per heavy atom. The first kappa shape index (κ1) is 16.4. The lowest BCUT2D eigenvalue weighted by Gasteiger charge is -2.36. The number of aliphatic hydroxyl groups is 1. The Bertz CT molecular complexity index is 569. The summed E-state index contributed by atoms with van der Waals surface area (Å²) in [5.74, 6) is 0. The van der Waals surface area contributed by atoms with E-state index in [9.17, 15) is 9.90 Å². The molecule has 1 aliphatic heterocycles. The second-order valence-corrected chi connectivity index (χ2v) is 7.03. The molecule has 2 fully saturated rings. The van der Waals surface area contributed by atoms with E-state index in [2.05, 4.69) is 15.5 Å². The summed E-state index contributed by atoms with van der Waals surface area (Å²) in [5.41, 5.74) is 1.01. The van der Waals surface area contributed by atoms with Crippen molar-refractivity contribution in [3.63, 3.8) is 0 Å². The summed E-state index contributed by atoms with van der Waals surface area (Å²) >= 11 is 6.09. The van der Waals surface area contributed by atoms with E-state index in [1.165, 1.54) is 19.3 Å². The number of carbonyl (C=O) groups excluding carboxylic acids is 1. The summed E-state index contributed by atoms with van der Waals surface area (Å²) < 4.78 is 0. The van der Waals surface area contributed by atoms with Crippen molar-refractivity contribution in [2.24, 2.45) is 0 Å². The standard InChI is InChI=1S/C17H24ClN3O2/c18-13-5-6-15(21-9-2-1-3-10-21)14(11-13)20-16(22)19-12-17(23)7-4-8-17/h5-6,11,23H,1-4,7-10,12H2,(H2,19,20,22). The fraction of sp³-hybridized carbons (Fsp3) is 0.588. The van der Waals surface area contributed by atoms with E-state index < -0.39 is 5.60 Å². The molecule has 3 rings (SSSR count). The van der Waals surface area contributed by atoms with Crippen LogP contribution in [0.25, 0.3) is 0 Å². The van der Waals surface area contributed by atoms with E-state index in [0.29, 0.717) is 11.6 Å². The average Bonchev–Trinajstić information content (AvgIpc) is 2.52. The highest BCUT2D eigenvalue weighted by Crippen LogP contribution is 2.32. The highest BCUT2D eigenvalue weighted by Gasteiger charge is 2.34. The van der Waals surface area contributed by atoms with E-state index in [1.807, 2.05) is 12.1 Å². The Labute approximate surface area is 142 Å². The van der Waals surface area contributed by atoms with Crippen molar-refractivity contribution in [1.29, 1.82) is 0 Å². The summed E-state index contributed by atoms with van der Waals surface area (Å²) in [5, 5.41) is 16.3. The third-order valence-corrected chi connectivity index (χ3v) is 5.00. The van der Waals surface area contributed by atoms with Gasteiger partial charge in [0.15, 0.2) is 0 Å². The zero-order valence-corrected chi connectivity index (χ0v) is 14.0. The number of rotatable bonds is 4. The van der Waals surface area contributed by atoms with Crippen LogP contribution in [-0.2, 0) is 0 Å². The molecule has 5 nitrogen and oxygen atoms in total. The fourth-order valence-corrected chi connectivity index (χ4v) is 3.36. The van der Waals surface area contributed by atoms with Gasteiger partial charge in [-0.15, -0.1) is 0 Å². The Morgan fingerprint density at radius 2 is 1.96 bits per heavy atom. The normalized spacial score (nSPS) is 19.8. The van der Waals surface area contributed by atoms with Gasteiger partial charge in [0.2, 0.25) is 0 Å². The van der Waals surface area contributed by atoms with Crippen molar-refractivity contribution >= 4 is 29.0 Å². The van der Waals surface area contributed by atoms with Crippen molar-refractivity contribution in [1.82, 2.24) is 5.32 Å². The predicted octanol–water partition coefficient (Wildman–Crippen LogP) is 3.37. The van der Waals surface area contributed by atoms with Gasteiger partial charge in [-0.1, -0.05) is 11.6 Å². The number of nitrogens with one attached hydrogen (secondary N) is 2. The van der Waals surface area contributed by atoms with E-state index in [-0.39, 0.29) is 6.03 Å². The van der Waals surface area contributed by atoms with Crippen LogP contribution in [0.3, 0.4) is 0 Å². The number of amides is 2. The molecule has 3 N–H and O–H groups in total. The fourth-order valence-electron chi connectivity index (χ4n) is 3.19. The number of urea groups is 1. The van der Waals surface area contributed by atoms with E-state index in [4.69, 9.17) is 11.6 Å². The molecule has 1 aliphatic carbocycles. The Balaban J connectivity index is 1.65. The van der Waals surface area contributed by atoms with E-state index in [1.54, 1.807) is 6.07 Å². The van der Waals surface area contributed by atoms with Gasteiger partial charge in [-0.25, -0.2) is 4.79 Å². The molecule has 0 spiro atoms. The van der Waals surface area contributed by atoms with Crippen LogP contribution in [0, 0.1) is 0 Å². The zero-order chi connectivity index (χ0) is 16.3. The second kappa shape index (κ2) is 6.97. The topological polar surface area (TPSA) is 64.6 Å². The van der Waals surface area contributed by atoms with Gasteiger partial charge in [0.05, 0.1) is 17.0 Å². The van der Waals surface area contributed by atoms with Gasteiger partial charge in [0.25, 0.3) is 0 Å².